The van der Waals surface area contributed by atoms with Crippen LogP contribution in [0.4, 0.5) is 26.2 Å². The molecule has 2 aromatic heterocycles. The number of nitrogens with zero attached hydrogens (tertiary/aromatic N) is 7. The van der Waals surface area contributed by atoms with Crippen molar-refractivity contribution in [2.75, 3.05) is 68.0 Å². The molecule has 39 heavy (non-hydrogen) atoms. The predicted octanol–water partition coefficient (Wildman–Crippen LogP) is 1.88. The Morgan fingerprint density at radius 1 is 1.00 bits per heavy atom. The average Bonchev–Trinajstić information content (AvgIpc) is 3.45. The van der Waals surface area contributed by atoms with E-state index in [9.17, 15) is 19.0 Å². The number of hydrogen-bond acceptors (Lipinski definition) is 9. The summed E-state index contributed by atoms with van der Waals surface area (Å²) in [5, 5.41) is 24.1. The molecule has 3 aromatic rings. The molecule has 2 fully saturated rings. The van der Waals surface area contributed by atoms with Gasteiger partial charge in [0.05, 0.1) is 24.6 Å². The zero-order valence-corrected chi connectivity index (χ0v) is 22.4. The highest BCUT2D eigenvalue weighted by atomic mass is 35.5. The molecule has 4 heterocycles. The van der Waals surface area contributed by atoms with Gasteiger partial charge in [-0.15, -0.1) is 12.4 Å². The molecule has 0 unspecified atom stereocenters. The molecule has 2 aliphatic rings. The van der Waals surface area contributed by atoms with Crippen LogP contribution in [0.5, 0.6) is 0 Å². The summed E-state index contributed by atoms with van der Waals surface area (Å²) in [6.45, 7) is 6.39. The average molecular weight is 563 g/mol. The standard InChI is InChI=1S/C26H32F2N8O2.ClH/c1-17-18(3-2-4-33-5-7-34(8-6-33)22-10-20(27)9-21(28)11-22)13-30-36(17)25-12-24(31-26(29)32-25)35-14-19(16-37)23(38)15-35;/h2-3,9-13,19,23,37-38H,4-8,14-16H2,1H3,(H2,29,31,32);1H/b3-2+;/t19-,23+;/m0./s1. The van der Waals surface area contributed by atoms with Crippen LogP contribution < -0.4 is 15.5 Å². The number of benzene rings is 1. The third-order valence-corrected chi connectivity index (χ3v) is 7.19. The van der Waals surface area contributed by atoms with Crippen molar-refractivity contribution in [3.05, 3.63) is 59.4 Å². The van der Waals surface area contributed by atoms with Gasteiger partial charge in [0.1, 0.15) is 17.5 Å². The van der Waals surface area contributed by atoms with Gasteiger partial charge in [-0.25, -0.2) is 13.5 Å². The van der Waals surface area contributed by atoms with Crippen molar-refractivity contribution in [3.8, 4) is 5.82 Å². The first-order chi connectivity index (χ1) is 18.3. The van der Waals surface area contributed by atoms with Gasteiger partial charge in [0.2, 0.25) is 5.95 Å². The van der Waals surface area contributed by atoms with Gasteiger partial charge in [-0.1, -0.05) is 12.2 Å². The smallest absolute Gasteiger partial charge is 0.224 e. The Labute approximate surface area is 231 Å². The van der Waals surface area contributed by atoms with Crippen LogP contribution in [0.25, 0.3) is 11.9 Å². The van der Waals surface area contributed by atoms with Crippen LogP contribution in [0, 0.1) is 24.5 Å². The van der Waals surface area contributed by atoms with Crippen LogP contribution >= 0.6 is 12.4 Å². The fraction of sp³-hybridized carbons (Fsp3) is 0.423. The SMILES string of the molecule is Cc1c(/C=C/CN2CCN(c3cc(F)cc(F)c3)CC2)cnn1-c1cc(N2C[C@@H](CO)[C@H](O)C2)nc(N)n1.Cl. The first kappa shape index (κ1) is 28.7. The van der Waals surface area contributed by atoms with Gasteiger partial charge < -0.3 is 25.7 Å². The van der Waals surface area contributed by atoms with Gasteiger partial charge in [0.25, 0.3) is 0 Å². The molecular weight excluding hydrogens is 530 g/mol. The number of rotatable bonds is 7. The molecule has 2 atom stereocenters. The van der Waals surface area contributed by atoms with E-state index in [1.165, 1.54) is 12.1 Å². The number of nitrogens with two attached hydrogens (primary N) is 1. The van der Waals surface area contributed by atoms with E-state index in [2.05, 4.69) is 26.0 Å². The minimum atomic E-state index is -0.630. The van der Waals surface area contributed by atoms with Crippen LogP contribution in [-0.2, 0) is 0 Å². The number of nitrogen functional groups attached to an aromatic ring is 1. The molecule has 1 aromatic carbocycles. The van der Waals surface area contributed by atoms with Gasteiger partial charge >= 0.3 is 0 Å². The quantitative estimate of drug-likeness (QED) is 0.396. The molecule has 0 aliphatic carbocycles. The molecule has 13 heteroatoms. The minimum absolute atomic E-state index is 0. The Bertz CT molecular complexity index is 1290. The van der Waals surface area contributed by atoms with E-state index in [0.29, 0.717) is 43.5 Å². The number of aromatic nitrogens is 4. The van der Waals surface area contributed by atoms with Crippen LogP contribution in [0.3, 0.4) is 0 Å². The second kappa shape index (κ2) is 12.2. The first-order valence-electron chi connectivity index (χ1n) is 12.6. The van der Waals surface area contributed by atoms with E-state index in [0.717, 1.165) is 37.0 Å². The van der Waals surface area contributed by atoms with E-state index < -0.39 is 17.7 Å². The molecule has 0 saturated carbocycles. The summed E-state index contributed by atoms with van der Waals surface area (Å²) >= 11 is 0. The first-order valence-corrected chi connectivity index (χ1v) is 12.6. The van der Waals surface area contributed by atoms with Gasteiger partial charge in [-0.05, 0) is 19.1 Å². The summed E-state index contributed by atoms with van der Waals surface area (Å²) in [7, 11) is 0. The molecule has 0 radical (unpaired) electrons. The number of piperazine rings is 1. The van der Waals surface area contributed by atoms with Crippen molar-refractivity contribution in [1.29, 1.82) is 0 Å². The highest BCUT2D eigenvalue weighted by Gasteiger charge is 2.32. The Balaban J connectivity index is 0.00000353. The lowest BCUT2D eigenvalue weighted by atomic mass is 10.1. The second-order valence-corrected chi connectivity index (χ2v) is 9.77. The Kier molecular flexibility index (Phi) is 9.01. The normalized spacial score (nSPS) is 20.1. The molecular formula is C26H33ClF2N8O2. The summed E-state index contributed by atoms with van der Waals surface area (Å²) in [6, 6.07) is 5.40. The molecule has 5 rings (SSSR count). The van der Waals surface area contributed by atoms with Crippen LogP contribution in [0.1, 0.15) is 11.3 Å². The summed E-state index contributed by atoms with van der Waals surface area (Å²) in [6.07, 6.45) is 5.23. The molecule has 4 N–H and O–H groups in total. The van der Waals surface area contributed by atoms with Crippen molar-refractivity contribution >= 4 is 35.9 Å². The Hall–Kier alpha value is -3.32. The van der Waals surface area contributed by atoms with E-state index in [1.54, 1.807) is 16.9 Å². The van der Waals surface area contributed by atoms with Gasteiger partial charge in [-0.2, -0.15) is 15.1 Å². The zero-order chi connectivity index (χ0) is 26.8. The third kappa shape index (κ3) is 6.47. The molecule has 0 amide bonds. The lowest BCUT2D eigenvalue weighted by Crippen LogP contribution is -2.46. The lowest BCUT2D eigenvalue weighted by molar-refractivity contribution is 0.104. The predicted molar refractivity (Wildman–Crippen MR) is 148 cm³/mol. The van der Waals surface area contributed by atoms with E-state index in [4.69, 9.17) is 5.73 Å². The van der Waals surface area contributed by atoms with Gasteiger partial charge in [-0.3, -0.25) is 4.90 Å². The molecule has 0 bridgehead atoms. The Morgan fingerprint density at radius 3 is 2.36 bits per heavy atom. The maximum absolute atomic E-state index is 13.6. The second-order valence-electron chi connectivity index (χ2n) is 9.77. The molecule has 2 saturated heterocycles. The number of anilines is 3. The number of halogens is 3. The summed E-state index contributed by atoms with van der Waals surface area (Å²) < 4.78 is 28.8. The summed E-state index contributed by atoms with van der Waals surface area (Å²) in [5.41, 5.74) is 8.38. The van der Waals surface area contributed by atoms with Crippen molar-refractivity contribution < 1.29 is 19.0 Å². The van der Waals surface area contributed by atoms with E-state index in [-0.39, 0.29) is 30.9 Å². The number of aliphatic hydroxyl groups is 2. The summed E-state index contributed by atoms with van der Waals surface area (Å²) in [5.74, 6) is -0.150. The zero-order valence-electron chi connectivity index (χ0n) is 21.6. The fourth-order valence-corrected chi connectivity index (χ4v) is 4.99. The minimum Gasteiger partial charge on any atom is -0.396 e. The molecule has 2 aliphatic heterocycles. The molecule has 210 valence electrons. The van der Waals surface area contributed by atoms with Gasteiger partial charge in [0, 0.05) is 75.1 Å². The maximum Gasteiger partial charge on any atom is 0.224 e. The van der Waals surface area contributed by atoms with Crippen LogP contribution in [-0.4, -0.2) is 93.4 Å². The van der Waals surface area contributed by atoms with E-state index in [1.807, 2.05) is 22.8 Å². The number of hydrogen-bond donors (Lipinski definition) is 3. The van der Waals surface area contributed by atoms with Gasteiger partial charge in [0.15, 0.2) is 5.82 Å². The van der Waals surface area contributed by atoms with Crippen molar-refractivity contribution in [1.82, 2.24) is 24.6 Å². The third-order valence-electron chi connectivity index (χ3n) is 7.19. The maximum atomic E-state index is 13.6. The van der Waals surface area contributed by atoms with E-state index >= 15 is 0 Å². The molecule has 0 spiro atoms. The lowest BCUT2D eigenvalue weighted by Gasteiger charge is -2.35. The number of aliphatic hydroxyl groups excluding tert-OH is 2. The van der Waals surface area contributed by atoms with Crippen LogP contribution in [0.15, 0.2) is 36.5 Å². The topological polar surface area (TPSA) is 120 Å². The largest absolute Gasteiger partial charge is 0.396 e. The summed E-state index contributed by atoms with van der Waals surface area (Å²) in [4.78, 5) is 14.8. The van der Waals surface area contributed by atoms with Crippen molar-refractivity contribution in [2.45, 2.75) is 13.0 Å². The highest BCUT2D eigenvalue weighted by Crippen LogP contribution is 2.25. The number of β-amino-alcohol motifs (C(OH)–C–C–N with tert-alkyl or cyclic N) is 1. The van der Waals surface area contributed by atoms with Crippen molar-refractivity contribution in [2.24, 2.45) is 5.92 Å². The van der Waals surface area contributed by atoms with Crippen molar-refractivity contribution in [3.63, 3.8) is 0 Å². The Morgan fingerprint density at radius 2 is 1.69 bits per heavy atom. The van der Waals surface area contributed by atoms with Crippen LogP contribution in [0.2, 0.25) is 0 Å². The highest BCUT2D eigenvalue weighted by molar-refractivity contribution is 5.85. The fourth-order valence-electron chi connectivity index (χ4n) is 4.99. The monoisotopic (exact) mass is 562 g/mol. The molecule has 10 nitrogen and oxygen atoms in total.